The number of nitrogens with zero attached hydrogens (tertiary/aromatic N) is 1. The van der Waals surface area contributed by atoms with Crippen molar-refractivity contribution in [1.82, 2.24) is 0 Å². The van der Waals surface area contributed by atoms with Gasteiger partial charge in [0.2, 0.25) is 0 Å². The van der Waals surface area contributed by atoms with Gasteiger partial charge in [0.1, 0.15) is 5.84 Å². The first kappa shape index (κ1) is 12.3. The topological polar surface area (TPSA) is 67.8 Å². The molecule has 4 heteroatoms. The molecular weight excluding hydrogens is 192 g/mol. The van der Waals surface area contributed by atoms with Crippen LogP contribution >= 0.6 is 0 Å². The van der Waals surface area contributed by atoms with Crippen LogP contribution in [0.3, 0.4) is 0 Å². The lowest BCUT2D eigenvalue weighted by Crippen LogP contribution is -2.11. The second-order valence-electron chi connectivity index (χ2n) is 4.27. The van der Waals surface area contributed by atoms with Gasteiger partial charge in [0.15, 0.2) is 0 Å². The molecule has 1 saturated carbocycles. The van der Waals surface area contributed by atoms with E-state index in [1.807, 2.05) is 0 Å². The fourth-order valence-electron chi connectivity index (χ4n) is 1.99. The van der Waals surface area contributed by atoms with Crippen molar-refractivity contribution in [2.24, 2.45) is 16.8 Å². The molecule has 0 heterocycles. The average Bonchev–Trinajstić information content (AvgIpc) is 2.75. The predicted octanol–water partition coefficient (Wildman–Crippen LogP) is 2.11. The van der Waals surface area contributed by atoms with Gasteiger partial charge in [-0.1, -0.05) is 18.0 Å². The highest BCUT2D eigenvalue weighted by molar-refractivity contribution is 5.79. The molecule has 1 rings (SSSR count). The molecule has 4 nitrogen and oxygen atoms in total. The minimum Gasteiger partial charge on any atom is -0.409 e. The van der Waals surface area contributed by atoms with E-state index in [0.717, 1.165) is 32.0 Å². The van der Waals surface area contributed by atoms with Gasteiger partial charge in [-0.05, 0) is 31.6 Å². The molecule has 1 aliphatic carbocycles. The maximum absolute atomic E-state index is 8.31. The van der Waals surface area contributed by atoms with Crippen molar-refractivity contribution in [3.8, 4) is 0 Å². The number of unbranched alkanes of at least 4 members (excludes halogenated alkanes) is 1. The third kappa shape index (κ3) is 5.62. The quantitative estimate of drug-likeness (QED) is 0.224. The van der Waals surface area contributed by atoms with Gasteiger partial charge in [-0.15, -0.1) is 0 Å². The molecule has 0 aromatic carbocycles. The van der Waals surface area contributed by atoms with Gasteiger partial charge < -0.3 is 15.7 Å². The van der Waals surface area contributed by atoms with Crippen LogP contribution in [0.4, 0.5) is 0 Å². The van der Waals surface area contributed by atoms with E-state index in [-0.39, 0.29) is 0 Å². The first-order chi connectivity index (χ1) is 7.33. The normalized spacial score (nSPS) is 18.5. The zero-order valence-electron chi connectivity index (χ0n) is 9.32. The summed E-state index contributed by atoms with van der Waals surface area (Å²) in [6.45, 7) is 1.72. The molecule has 1 aliphatic rings. The summed E-state index contributed by atoms with van der Waals surface area (Å²) in [5.41, 5.74) is 5.35. The Morgan fingerprint density at radius 3 is 2.73 bits per heavy atom. The van der Waals surface area contributed by atoms with Gasteiger partial charge in [0, 0.05) is 19.6 Å². The van der Waals surface area contributed by atoms with Gasteiger partial charge in [-0.2, -0.15) is 0 Å². The monoisotopic (exact) mass is 214 g/mol. The number of hydrogen-bond donors (Lipinski definition) is 2. The third-order valence-electron chi connectivity index (χ3n) is 2.93. The van der Waals surface area contributed by atoms with Crippen LogP contribution < -0.4 is 5.73 Å². The van der Waals surface area contributed by atoms with Crippen molar-refractivity contribution in [3.63, 3.8) is 0 Å². The van der Waals surface area contributed by atoms with Crippen molar-refractivity contribution < 1.29 is 9.94 Å². The first-order valence-electron chi connectivity index (χ1n) is 5.87. The summed E-state index contributed by atoms with van der Waals surface area (Å²) in [6.07, 6.45) is 8.00. The second kappa shape index (κ2) is 7.51. The van der Waals surface area contributed by atoms with Crippen LogP contribution in [0.25, 0.3) is 0 Å². The molecule has 0 atom stereocenters. The Morgan fingerprint density at radius 1 is 1.33 bits per heavy atom. The maximum Gasteiger partial charge on any atom is 0.139 e. The first-order valence-corrected chi connectivity index (χ1v) is 5.87. The zero-order valence-corrected chi connectivity index (χ0v) is 9.32. The van der Waals surface area contributed by atoms with E-state index in [1.54, 1.807) is 0 Å². The largest absolute Gasteiger partial charge is 0.409 e. The average molecular weight is 214 g/mol. The van der Waals surface area contributed by atoms with Crippen LogP contribution in [-0.4, -0.2) is 24.3 Å². The van der Waals surface area contributed by atoms with Crippen LogP contribution in [0, 0.1) is 5.92 Å². The molecule has 3 N–H and O–H groups in total. The highest BCUT2D eigenvalue weighted by Crippen LogP contribution is 2.24. The smallest absolute Gasteiger partial charge is 0.139 e. The third-order valence-corrected chi connectivity index (χ3v) is 2.93. The summed E-state index contributed by atoms with van der Waals surface area (Å²) in [5, 5.41) is 11.2. The molecule has 1 fully saturated rings. The van der Waals surface area contributed by atoms with E-state index in [4.69, 9.17) is 15.7 Å². The van der Waals surface area contributed by atoms with Crippen LogP contribution in [0.5, 0.6) is 0 Å². The molecule has 88 valence electrons. The number of ether oxygens (including phenoxy) is 1. The summed E-state index contributed by atoms with van der Waals surface area (Å²) < 4.78 is 5.59. The van der Waals surface area contributed by atoms with Crippen molar-refractivity contribution in [2.45, 2.75) is 44.9 Å². The van der Waals surface area contributed by atoms with E-state index in [1.165, 1.54) is 25.7 Å². The Morgan fingerprint density at radius 2 is 2.07 bits per heavy atom. The molecule has 0 amide bonds. The van der Waals surface area contributed by atoms with Gasteiger partial charge in [-0.25, -0.2) is 0 Å². The molecule has 0 spiro atoms. The lowest BCUT2D eigenvalue weighted by molar-refractivity contribution is 0.0985. The van der Waals surface area contributed by atoms with Crippen molar-refractivity contribution in [3.05, 3.63) is 0 Å². The summed E-state index contributed by atoms with van der Waals surface area (Å²) in [7, 11) is 0. The van der Waals surface area contributed by atoms with Crippen LogP contribution in [0.2, 0.25) is 0 Å². The van der Waals surface area contributed by atoms with Crippen LogP contribution in [0.15, 0.2) is 5.16 Å². The van der Waals surface area contributed by atoms with Gasteiger partial charge in [-0.3, -0.25) is 0 Å². The van der Waals surface area contributed by atoms with Gasteiger partial charge in [0.25, 0.3) is 0 Å². The Balaban J connectivity index is 1.84. The summed E-state index contributed by atoms with van der Waals surface area (Å²) in [4.78, 5) is 0. The summed E-state index contributed by atoms with van der Waals surface area (Å²) in [5.74, 6) is 1.11. The Hall–Kier alpha value is -0.770. The number of oxime groups is 1. The van der Waals surface area contributed by atoms with Gasteiger partial charge >= 0.3 is 0 Å². The predicted molar refractivity (Wildman–Crippen MR) is 60.0 cm³/mol. The lowest BCUT2D eigenvalue weighted by atomic mass is 10.1. The number of nitrogens with two attached hydrogens (primary N) is 1. The molecule has 0 bridgehead atoms. The fraction of sp³-hybridized carbons (Fsp3) is 0.909. The van der Waals surface area contributed by atoms with Crippen molar-refractivity contribution in [1.29, 1.82) is 0 Å². The fourth-order valence-corrected chi connectivity index (χ4v) is 1.99. The molecule has 0 aromatic heterocycles. The van der Waals surface area contributed by atoms with E-state index >= 15 is 0 Å². The lowest BCUT2D eigenvalue weighted by Gasteiger charge is -2.09. The summed E-state index contributed by atoms with van der Waals surface area (Å²) in [6, 6.07) is 0. The molecule has 15 heavy (non-hydrogen) atoms. The highest BCUT2D eigenvalue weighted by Gasteiger charge is 2.14. The minimum absolute atomic E-state index is 0.311. The molecule has 0 saturated heterocycles. The number of rotatable bonds is 7. The zero-order chi connectivity index (χ0) is 10.9. The minimum atomic E-state index is 0.311. The standard InChI is InChI=1S/C11H22N2O2/c12-11(13-14)7-3-4-8-15-9-10-5-1-2-6-10/h10,14H,1-9H2,(H2,12,13). The molecular formula is C11H22N2O2. The van der Waals surface area contributed by atoms with Crippen LogP contribution in [0.1, 0.15) is 44.9 Å². The van der Waals surface area contributed by atoms with Crippen molar-refractivity contribution in [2.75, 3.05) is 13.2 Å². The second-order valence-corrected chi connectivity index (χ2v) is 4.27. The van der Waals surface area contributed by atoms with E-state index in [2.05, 4.69) is 5.16 Å². The van der Waals surface area contributed by atoms with Crippen molar-refractivity contribution >= 4 is 5.84 Å². The van der Waals surface area contributed by atoms with E-state index < -0.39 is 0 Å². The number of hydrogen-bond acceptors (Lipinski definition) is 3. The van der Waals surface area contributed by atoms with E-state index in [0.29, 0.717) is 12.3 Å². The molecule has 0 aliphatic heterocycles. The molecule has 0 radical (unpaired) electrons. The van der Waals surface area contributed by atoms with Crippen LogP contribution in [-0.2, 0) is 4.74 Å². The molecule has 0 unspecified atom stereocenters. The maximum atomic E-state index is 8.31. The summed E-state index contributed by atoms with van der Waals surface area (Å²) >= 11 is 0. The number of amidine groups is 1. The highest BCUT2D eigenvalue weighted by atomic mass is 16.5. The molecule has 0 aromatic rings. The van der Waals surface area contributed by atoms with Gasteiger partial charge in [0.05, 0.1) is 0 Å². The Kier molecular flexibility index (Phi) is 6.16. The van der Waals surface area contributed by atoms with E-state index in [9.17, 15) is 0 Å². The Bertz CT molecular complexity index is 189. The Labute approximate surface area is 91.5 Å². The SMILES string of the molecule is NC(CCCCOCC1CCCC1)=NO.